The van der Waals surface area contributed by atoms with Crippen molar-refractivity contribution in [3.05, 3.63) is 65.2 Å². The molecule has 0 saturated carbocycles. The molecule has 2 N–H and O–H groups in total. The van der Waals surface area contributed by atoms with Crippen molar-refractivity contribution >= 4 is 23.1 Å². The number of amidine groups is 1. The molecule has 1 aliphatic heterocycles. The van der Waals surface area contributed by atoms with E-state index in [1.807, 2.05) is 47.5 Å². The topological polar surface area (TPSA) is 41.6 Å². The summed E-state index contributed by atoms with van der Waals surface area (Å²) in [6, 6.07) is 18.2. The minimum absolute atomic E-state index is 0.313. The third-order valence-corrected chi connectivity index (χ3v) is 3.41. The Morgan fingerprint density at radius 1 is 1.14 bits per heavy atom. The molecule has 2 aromatic carbocycles. The Balaban J connectivity index is 0.000000194. The van der Waals surface area contributed by atoms with Crippen LogP contribution in [0.25, 0.3) is 0 Å². The molecular weight excluding hydrogens is 282 g/mol. The van der Waals surface area contributed by atoms with Crippen molar-refractivity contribution < 1.29 is 0 Å². The summed E-state index contributed by atoms with van der Waals surface area (Å²) in [5.41, 5.74) is 7.98. The number of anilines is 1. The van der Waals surface area contributed by atoms with Crippen molar-refractivity contribution in [1.82, 2.24) is 0 Å². The normalized spacial score (nSPS) is 17.0. The predicted octanol–water partition coefficient (Wildman–Crippen LogP) is 4.21. The number of benzene rings is 2. The number of hydrogen-bond acceptors (Lipinski definition) is 3. The number of hydrogen-bond donors (Lipinski definition) is 1. The Kier molecular flexibility index (Phi) is 5.23. The lowest BCUT2D eigenvalue weighted by molar-refractivity contribution is 0.723. The first-order valence-corrected chi connectivity index (χ1v) is 7.33. The molecule has 3 nitrogen and oxygen atoms in total. The standard InChI is InChI=1S/C10H12ClN3.C7H8/c1-7-5-10(12)13-14(7)9-4-2-3-8(11)6-9;1-7-5-3-2-4-6-7/h2-4,6-7H,5H2,1H3,(H2,12,13);2-6H,1H3. The van der Waals surface area contributed by atoms with Gasteiger partial charge >= 0.3 is 0 Å². The van der Waals surface area contributed by atoms with Crippen LogP contribution in [0.15, 0.2) is 59.7 Å². The lowest BCUT2D eigenvalue weighted by Crippen LogP contribution is -2.22. The SMILES string of the molecule is CC1CC(N)=NN1c1cccc(Cl)c1.Cc1ccccc1. The minimum Gasteiger partial charge on any atom is -0.386 e. The molecule has 0 spiro atoms. The first-order valence-electron chi connectivity index (χ1n) is 6.95. The van der Waals surface area contributed by atoms with Gasteiger partial charge < -0.3 is 5.73 Å². The third kappa shape index (κ3) is 4.50. The molecule has 21 heavy (non-hydrogen) atoms. The Bertz CT molecular complexity index is 610. The fourth-order valence-corrected chi connectivity index (χ4v) is 2.32. The van der Waals surface area contributed by atoms with Crippen LogP contribution in [0.2, 0.25) is 5.02 Å². The maximum atomic E-state index is 5.90. The maximum absolute atomic E-state index is 5.90. The summed E-state index contributed by atoms with van der Waals surface area (Å²) in [4.78, 5) is 0. The van der Waals surface area contributed by atoms with Crippen molar-refractivity contribution in [2.75, 3.05) is 5.01 Å². The van der Waals surface area contributed by atoms with Gasteiger partial charge in [0.1, 0.15) is 5.84 Å². The van der Waals surface area contributed by atoms with Crippen LogP contribution in [-0.2, 0) is 0 Å². The average Bonchev–Trinajstić information content (AvgIpc) is 2.79. The molecule has 1 aliphatic rings. The highest BCUT2D eigenvalue weighted by molar-refractivity contribution is 6.30. The first-order chi connectivity index (χ1) is 10.1. The number of aryl methyl sites for hydroxylation is 1. The summed E-state index contributed by atoms with van der Waals surface area (Å²) in [6.07, 6.45) is 0.812. The zero-order valence-corrected chi connectivity index (χ0v) is 13.1. The number of hydrazone groups is 1. The van der Waals surface area contributed by atoms with Crippen molar-refractivity contribution in [3.8, 4) is 0 Å². The molecule has 0 bridgehead atoms. The van der Waals surface area contributed by atoms with Gasteiger partial charge in [0.15, 0.2) is 0 Å². The second-order valence-electron chi connectivity index (χ2n) is 5.12. The fraction of sp³-hybridized carbons (Fsp3) is 0.235. The number of nitrogens with zero attached hydrogens (tertiary/aromatic N) is 2. The van der Waals surface area contributed by atoms with Gasteiger partial charge in [0.05, 0.1) is 11.7 Å². The van der Waals surface area contributed by atoms with Crippen LogP contribution in [0.5, 0.6) is 0 Å². The second-order valence-corrected chi connectivity index (χ2v) is 5.56. The van der Waals surface area contributed by atoms with Gasteiger partial charge in [-0.2, -0.15) is 5.10 Å². The lowest BCUT2D eigenvalue weighted by Gasteiger charge is -2.19. The molecule has 4 heteroatoms. The van der Waals surface area contributed by atoms with E-state index in [-0.39, 0.29) is 0 Å². The third-order valence-electron chi connectivity index (χ3n) is 3.17. The summed E-state index contributed by atoms with van der Waals surface area (Å²) in [7, 11) is 0. The Morgan fingerprint density at radius 2 is 1.86 bits per heavy atom. The molecule has 3 rings (SSSR count). The van der Waals surface area contributed by atoms with Crippen LogP contribution in [0.4, 0.5) is 5.69 Å². The Morgan fingerprint density at radius 3 is 2.33 bits per heavy atom. The van der Waals surface area contributed by atoms with Gasteiger partial charge in [-0.15, -0.1) is 0 Å². The van der Waals surface area contributed by atoms with Crippen LogP contribution in [0, 0.1) is 6.92 Å². The van der Waals surface area contributed by atoms with Gasteiger partial charge in [0, 0.05) is 11.4 Å². The van der Waals surface area contributed by atoms with Gasteiger partial charge in [-0.25, -0.2) is 0 Å². The zero-order chi connectivity index (χ0) is 15.2. The highest BCUT2D eigenvalue weighted by Gasteiger charge is 2.21. The van der Waals surface area contributed by atoms with Gasteiger partial charge in [-0.05, 0) is 32.0 Å². The van der Waals surface area contributed by atoms with Gasteiger partial charge in [0.2, 0.25) is 0 Å². The van der Waals surface area contributed by atoms with E-state index < -0.39 is 0 Å². The zero-order valence-electron chi connectivity index (χ0n) is 12.3. The minimum atomic E-state index is 0.313. The Hall–Kier alpha value is -2.00. The molecule has 0 fully saturated rings. The number of rotatable bonds is 1. The van der Waals surface area contributed by atoms with Gasteiger partial charge in [-0.1, -0.05) is 53.6 Å². The van der Waals surface area contributed by atoms with Crippen LogP contribution >= 0.6 is 11.6 Å². The smallest absolute Gasteiger partial charge is 0.122 e. The number of halogens is 1. The van der Waals surface area contributed by atoms with E-state index in [9.17, 15) is 0 Å². The van der Waals surface area contributed by atoms with Crippen LogP contribution in [-0.4, -0.2) is 11.9 Å². The van der Waals surface area contributed by atoms with Gasteiger partial charge in [-0.3, -0.25) is 5.01 Å². The molecule has 1 heterocycles. The highest BCUT2D eigenvalue weighted by Crippen LogP contribution is 2.25. The van der Waals surface area contributed by atoms with E-state index in [0.29, 0.717) is 11.9 Å². The molecule has 1 atom stereocenters. The predicted molar refractivity (Wildman–Crippen MR) is 90.8 cm³/mol. The molecule has 0 radical (unpaired) electrons. The van der Waals surface area contributed by atoms with Crippen LogP contribution < -0.4 is 10.7 Å². The van der Waals surface area contributed by atoms with E-state index in [2.05, 4.69) is 31.1 Å². The van der Waals surface area contributed by atoms with E-state index in [4.69, 9.17) is 17.3 Å². The van der Waals surface area contributed by atoms with Gasteiger partial charge in [0.25, 0.3) is 0 Å². The summed E-state index contributed by atoms with van der Waals surface area (Å²) in [6.45, 7) is 4.17. The van der Waals surface area contributed by atoms with Crippen molar-refractivity contribution in [1.29, 1.82) is 0 Å². The maximum Gasteiger partial charge on any atom is 0.122 e. The molecule has 110 valence electrons. The summed E-state index contributed by atoms with van der Waals surface area (Å²) in [5.74, 6) is 0.678. The summed E-state index contributed by atoms with van der Waals surface area (Å²) >= 11 is 5.90. The quantitative estimate of drug-likeness (QED) is 0.857. The average molecular weight is 302 g/mol. The van der Waals surface area contributed by atoms with Crippen molar-refractivity contribution in [2.24, 2.45) is 10.8 Å². The summed E-state index contributed by atoms with van der Waals surface area (Å²) < 4.78 is 0. The number of nitrogens with two attached hydrogens (primary N) is 1. The van der Waals surface area contributed by atoms with Crippen LogP contribution in [0.1, 0.15) is 18.9 Å². The molecule has 0 saturated heterocycles. The Labute approximate surface area is 131 Å². The van der Waals surface area contributed by atoms with Crippen LogP contribution in [0.3, 0.4) is 0 Å². The van der Waals surface area contributed by atoms with Crippen molar-refractivity contribution in [3.63, 3.8) is 0 Å². The van der Waals surface area contributed by atoms with E-state index in [1.165, 1.54) is 5.56 Å². The van der Waals surface area contributed by atoms with E-state index in [1.54, 1.807) is 0 Å². The molecular formula is C17H20ClN3. The first kappa shape index (κ1) is 15.4. The summed E-state index contributed by atoms with van der Waals surface area (Å²) in [5, 5.41) is 6.87. The van der Waals surface area contributed by atoms with E-state index >= 15 is 0 Å². The molecule has 0 aromatic heterocycles. The molecule has 0 aliphatic carbocycles. The monoisotopic (exact) mass is 301 g/mol. The lowest BCUT2D eigenvalue weighted by atomic mass is 10.2. The molecule has 1 unspecified atom stereocenters. The largest absolute Gasteiger partial charge is 0.386 e. The van der Waals surface area contributed by atoms with Crippen molar-refractivity contribution in [2.45, 2.75) is 26.3 Å². The fourth-order valence-electron chi connectivity index (χ4n) is 2.13. The molecule has 2 aromatic rings. The highest BCUT2D eigenvalue weighted by atomic mass is 35.5. The van der Waals surface area contributed by atoms with E-state index in [0.717, 1.165) is 17.1 Å². The second kappa shape index (κ2) is 7.14. The molecule has 0 amide bonds.